The third-order valence-electron chi connectivity index (χ3n) is 3.51. The number of carbonyl (C=O) groups excluding carboxylic acids is 1. The summed E-state index contributed by atoms with van der Waals surface area (Å²) < 4.78 is 1.65. The second-order valence-corrected chi connectivity index (χ2v) is 5.05. The molecular formula is C14H15N3O3. The minimum absolute atomic E-state index is 0.0411. The van der Waals surface area contributed by atoms with Crippen LogP contribution < -0.4 is 0 Å². The predicted octanol–water partition coefficient (Wildman–Crippen LogP) is 1.26. The van der Waals surface area contributed by atoms with E-state index in [0.717, 1.165) is 23.7 Å². The molecule has 1 aromatic carbocycles. The Morgan fingerprint density at radius 3 is 2.75 bits per heavy atom. The van der Waals surface area contributed by atoms with Crippen LogP contribution in [0.2, 0.25) is 0 Å². The van der Waals surface area contributed by atoms with Gasteiger partial charge in [-0.15, -0.1) is 0 Å². The topological polar surface area (TPSA) is 75.4 Å². The summed E-state index contributed by atoms with van der Waals surface area (Å²) in [7, 11) is 1.78. The third kappa shape index (κ3) is 2.13. The fraction of sp³-hybridized carbons (Fsp3) is 0.357. The number of fused-ring (bicyclic) bond motifs is 1. The second kappa shape index (κ2) is 4.63. The van der Waals surface area contributed by atoms with E-state index in [2.05, 4.69) is 5.10 Å². The number of amides is 1. The van der Waals surface area contributed by atoms with Crippen molar-refractivity contribution in [1.29, 1.82) is 0 Å². The fourth-order valence-electron chi connectivity index (χ4n) is 2.41. The van der Waals surface area contributed by atoms with Crippen molar-refractivity contribution in [3.8, 4) is 0 Å². The summed E-state index contributed by atoms with van der Waals surface area (Å²) in [4.78, 5) is 24.9. The van der Waals surface area contributed by atoms with Gasteiger partial charge < -0.3 is 10.0 Å². The molecule has 1 fully saturated rings. The Labute approximate surface area is 115 Å². The maximum absolute atomic E-state index is 12.6. The third-order valence-corrected chi connectivity index (χ3v) is 3.51. The van der Waals surface area contributed by atoms with Gasteiger partial charge in [0.1, 0.15) is 6.54 Å². The molecule has 6 nitrogen and oxygen atoms in total. The van der Waals surface area contributed by atoms with Crippen LogP contribution >= 0.6 is 0 Å². The van der Waals surface area contributed by atoms with Gasteiger partial charge in [-0.1, -0.05) is 18.2 Å². The Bertz CT molecular complexity index is 688. The fourth-order valence-corrected chi connectivity index (χ4v) is 2.41. The molecule has 0 bridgehead atoms. The van der Waals surface area contributed by atoms with Gasteiger partial charge in [-0.25, -0.2) is 0 Å². The minimum Gasteiger partial charge on any atom is -0.480 e. The van der Waals surface area contributed by atoms with Gasteiger partial charge in [-0.2, -0.15) is 5.10 Å². The van der Waals surface area contributed by atoms with E-state index in [1.54, 1.807) is 11.7 Å². The number of nitrogens with zero attached hydrogens (tertiary/aromatic N) is 3. The van der Waals surface area contributed by atoms with Gasteiger partial charge in [0, 0.05) is 18.5 Å². The largest absolute Gasteiger partial charge is 0.480 e. The predicted molar refractivity (Wildman–Crippen MR) is 72.4 cm³/mol. The van der Waals surface area contributed by atoms with Crippen LogP contribution in [0.5, 0.6) is 0 Å². The smallest absolute Gasteiger partial charge is 0.323 e. The van der Waals surface area contributed by atoms with E-state index in [4.69, 9.17) is 5.11 Å². The molecule has 0 atom stereocenters. The SMILES string of the molecule is Cn1nc(C(=O)N(CC(=O)O)C2CC2)c2ccccc21. The molecule has 0 saturated heterocycles. The Morgan fingerprint density at radius 1 is 1.40 bits per heavy atom. The zero-order valence-electron chi connectivity index (χ0n) is 11.1. The maximum atomic E-state index is 12.6. The van der Waals surface area contributed by atoms with Gasteiger partial charge in [0.2, 0.25) is 0 Å². The van der Waals surface area contributed by atoms with Crippen molar-refractivity contribution in [2.24, 2.45) is 7.05 Å². The first-order valence-corrected chi connectivity index (χ1v) is 6.52. The lowest BCUT2D eigenvalue weighted by Gasteiger charge is -2.18. The van der Waals surface area contributed by atoms with Gasteiger partial charge >= 0.3 is 5.97 Å². The Kier molecular flexibility index (Phi) is 2.93. The lowest BCUT2D eigenvalue weighted by molar-refractivity contribution is -0.137. The monoisotopic (exact) mass is 273 g/mol. The summed E-state index contributed by atoms with van der Waals surface area (Å²) in [5.74, 6) is -1.29. The molecule has 104 valence electrons. The van der Waals surface area contributed by atoms with Crippen molar-refractivity contribution in [3.63, 3.8) is 0 Å². The van der Waals surface area contributed by atoms with Crippen LogP contribution in [0.4, 0.5) is 0 Å². The molecule has 0 aliphatic heterocycles. The number of hydrogen-bond donors (Lipinski definition) is 1. The molecule has 2 aromatic rings. The Morgan fingerprint density at radius 2 is 2.10 bits per heavy atom. The minimum atomic E-state index is -0.995. The molecule has 6 heteroatoms. The first kappa shape index (κ1) is 12.7. The highest BCUT2D eigenvalue weighted by Gasteiger charge is 2.35. The molecule has 1 aromatic heterocycles. The number of rotatable bonds is 4. The first-order chi connectivity index (χ1) is 9.58. The highest BCUT2D eigenvalue weighted by Crippen LogP contribution is 2.29. The lowest BCUT2D eigenvalue weighted by atomic mass is 10.2. The molecule has 20 heavy (non-hydrogen) atoms. The zero-order chi connectivity index (χ0) is 14.3. The number of benzene rings is 1. The zero-order valence-corrected chi connectivity index (χ0v) is 11.1. The van der Waals surface area contributed by atoms with Gasteiger partial charge in [0.05, 0.1) is 5.52 Å². The number of para-hydroxylation sites is 1. The highest BCUT2D eigenvalue weighted by molar-refractivity contribution is 6.05. The normalized spacial score (nSPS) is 14.4. The number of carboxylic acid groups (broad SMARTS) is 1. The van der Waals surface area contributed by atoms with Crippen LogP contribution in [0, 0.1) is 0 Å². The summed E-state index contributed by atoms with van der Waals surface area (Å²) >= 11 is 0. The summed E-state index contributed by atoms with van der Waals surface area (Å²) in [5.41, 5.74) is 1.19. The maximum Gasteiger partial charge on any atom is 0.323 e. The molecule has 1 N–H and O–H groups in total. The summed E-state index contributed by atoms with van der Waals surface area (Å²) in [6.45, 7) is -0.269. The van der Waals surface area contributed by atoms with Crippen molar-refractivity contribution in [2.45, 2.75) is 18.9 Å². The van der Waals surface area contributed by atoms with Crippen molar-refractivity contribution in [1.82, 2.24) is 14.7 Å². The van der Waals surface area contributed by atoms with Crippen LogP contribution in [0.15, 0.2) is 24.3 Å². The summed E-state index contributed by atoms with van der Waals surface area (Å²) in [6, 6.07) is 7.49. The molecule has 0 radical (unpaired) electrons. The first-order valence-electron chi connectivity index (χ1n) is 6.52. The molecule has 1 aliphatic carbocycles. The van der Waals surface area contributed by atoms with Crippen LogP contribution in [-0.4, -0.2) is 44.3 Å². The lowest BCUT2D eigenvalue weighted by Crippen LogP contribution is -2.37. The van der Waals surface area contributed by atoms with E-state index < -0.39 is 5.97 Å². The molecule has 0 spiro atoms. The number of aromatic nitrogens is 2. The number of carbonyl (C=O) groups is 2. The van der Waals surface area contributed by atoms with Crippen LogP contribution in [0.25, 0.3) is 10.9 Å². The van der Waals surface area contributed by atoms with Crippen LogP contribution in [-0.2, 0) is 11.8 Å². The molecule has 1 amide bonds. The van der Waals surface area contributed by atoms with Gasteiger partial charge in [0.25, 0.3) is 5.91 Å². The van der Waals surface area contributed by atoms with Crippen molar-refractivity contribution >= 4 is 22.8 Å². The average Bonchev–Trinajstić information content (AvgIpc) is 3.21. The number of hydrogen-bond acceptors (Lipinski definition) is 3. The van der Waals surface area contributed by atoms with E-state index >= 15 is 0 Å². The van der Waals surface area contributed by atoms with E-state index in [-0.39, 0.29) is 18.5 Å². The van der Waals surface area contributed by atoms with E-state index in [1.165, 1.54) is 4.90 Å². The molecule has 3 rings (SSSR count). The Balaban J connectivity index is 2.00. The van der Waals surface area contributed by atoms with E-state index in [0.29, 0.717) is 5.69 Å². The average molecular weight is 273 g/mol. The van der Waals surface area contributed by atoms with Crippen LogP contribution in [0.1, 0.15) is 23.3 Å². The standard InChI is InChI=1S/C14H15N3O3/c1-16-11-5-3-2-4-10(11)13(15-16)14(20)17(8-12(18)19)9-6-7-9/h2-5,9H,6-8H2,1H3,(H,18,19). The van der Waals surface area contributed by atoms with Gasteiger partial charge in [-0.05, 0) is 18.9 Å². The van der Waals surface area contributed by atoms with Crippen molar-refractivity contribution < 1.29 is 14.7 Å². The van der Waals surface area contributed by atoms with Crippen molar-refractivity contribution in [3.05, 3.63) is 30.0 Å². The quantitative estimate of drug-likeness (QED) is 0.910. The Hall–Kier alpha value is -2.37. The van der Waals surface area contributed by atoms with E-state index in [1.807, 2.05) is 24.3 Å². The molecule has 1 heterocycles. The molecular weight excluding hydrogens is 258 g/mol. The van der Waals surface area contributed by atoms with Crippen molar-refractivity contribution in [2.75, 3.05) is 6.54 Å². The summed E-state index contributed by atoms with van der Waals surface area (Å²) in [6.07, 6.45) is 1.73. The number of carboxylic acids is 1. The number of aliphatic carboxylic acids is 1. The molecule has 1 aliphatic rings. The van der Waals surface area contributed by atoms with Gasteiger partial charge in [0.15, 0.2) is 5.69 Å². The molecule has 0 unspecified atom stereocenters. The summed E-state index contributed by atoms with van der Waals surface area (Å²) in [5, 5.41) is 14.0. The van der Waals surface area contributed by atoms with Gasteiger partial charge in [-0.3, -0.25) is 14.3 Å². The van der Waals surface area contributed by atoms with Crippen LogP contribution in [0.3, 0.4) is 0 Å². The highest BCUT2D eigenvalue weighted by atomic mass is 16.4. The second-order valence-electron chi connectivity index (χ2n) is 5.05. The molecule has 1 saturated carbocycles. The number of aryl methyl sites for hydroxylation is 1. The van der Waals surface area contributed by atoms with E-state index in [9.17, 15) is 9.59 Å².